The van der Waals surface area contributed by atoms with Gasteiger partial charge in [0, 0.05) is 13.1 Å². The third-order valence-electron chi connectivity index (χ3n) is 1.57. The number of hydrogen-bond acceptors (Lipinski definition) is 3. The van der Waals surface area contributed by atoms with E-state index in [1.54, 1.807) is 13.8 Å². The first kappa shape index (κ1) is 12.9. The highest BCUT2D eigenvalue weighted by Crippen LogP contribution is 2.04. The fraction of sp³-hybridized carbons (Fsp3) is 1.00. The van der Waals surface area contributed by atoms with Gasteiger partial charge < -0.3 is 0 Å². The molecule has 80 valence electrons. The monoisotopic (exact) mass is 209 g/mol. The van der Waals surface area contributed by atoms with Crippen LogP contribution in [-0.2, 0) is 14.5 Å². The molecule has 0 saturated heterocycles. The average molecular weight is 209 g/mol. The predicted octanol–water partition coefficient (Wildman–Crippen LogP) is 1.25. The summed E-state index contributed by atoms with van der Waals surface area (Å²) in [7, 11) is -3.48. The van der Waals surface area contributed by atoms with Crippen molar-refractivity contribution in [2.75, 3.05) is 19.7 Å². The van der Waals surface area contributed by atoms with E-state index in [1.165, 1.54) is 4.31 Å². The maximum Gasteiger partial charge on any atom is 0.338 e. The summed E-state index contributed by atoms with van der Waals surface area (Å²) in [6, 6.07) is 0. The molecule has 0 aromatic heterocycles. The fourth-order valence-electron chi connectivity index (χ4n) is 0.836. The molecule has 4 nitrogen and oxygen atoms in total. The summed E-state index contributed by atoms with van der Waals surface area (Å²) in [5, 5.41) is 0. The van der Waals surface area contributed by atoms with Crippen LogP contribution in [0.1, 0.15) is 27.7 Å². The molecule has 0 bridgehead atoms. The first-order chi connectivity index (χ1) is 5.94. The normalized spacial score (nSPS) is 12.8. The van der Waals surface area contributed by atoms with Crippen molar-refractivity contribution >= 4 is 10.3 Å². The van der Waals surface area contributed by atoms with Crippen molar-refractivity contribution in [2.45, 2.75) is 27.7 Å². The summed E-state index contributed by atoms with van der Waals surface area (Å²) >= 11 is 0. The Morgan fingerprint density at radius 2 is 1.69 bits per heavy atom. The summed E-state index contributed by atoms with van der Waals surface area (Å²) < 4.78 is 28.9. The lowest BCUT2D eigenvalue weighted by molar-refractivity contribution is 0.242. The third kappa shape index (κ3) is 4.59. The Kier molecular flexibility index (Phi) is 5.51. The fourth-order valence-corrected chi connectivity index (χ4v) is 2.06. The molecule has 0 amide bonds. The molecule has 0 aromatic carbocycles. The van der Waals surface area contributed by atoms with Gasteiger partial charge in [0.25, 0.3) is 0 Å². The topological polar surface area (TPSA) is 46.6 Å². The maximum absolute atomic E-state index is 11.4. The molecular weight excluding hydrogens is 190 g/mol. The van der Waals surface area contributed by atoms with Crippen molar-refractivity contribution < 1.29 is 12.6 Å². The van der Waals surface area contributed by atoms with E-state index in [4.69, 9.17) is 4.18 Å². The molecule has 0 heterocycles. The van der Waals surface area contributed by atoms with Crippen LogP contribution >= 0.6 is 0 Å². The minimum Gasteiger partial charge on any atom is -0.258 e. The van der Waals surface area contributed by atoms with Gasteiger partial charge in [-0.05, 0) is 5.92 Å². The molecule has 0 rings (SSSR count). The van der Waals surface area contributed by atoms with Crippen LogP contribution < -0.4 is 0 Å². The highest BCUT2D eigenvalue weighted by atomic mass is 32.2. The summed E-state index contributed by atoms with van der Waals surface area (Å²) in [5.74, 6) is 0.227. The van der Waals surface area contributed by atoms with Gasteiger partial charge in [0.15, 0.2) is 0 Å². The van der Waals surface area contributed by atoms with E-state index in [0.29, 0.717) is 13.1 Å². The molecule has 0 radical (unpaired) electrons. The summed E-state index contributed by atoms with van der Waals surface area (Å²) in [5.41, 5.74) is 0. The molecule has 0 saturated carbocycles. The van der Waals surface area contributed by atoms with Crippen molar-refractivity contribution in [3.05, 3.63) is 0 Å². The molecule has 0 unspecified atom stereocenters. The Morgan fingerprint density at radius 1 is 1.23 bits per heavy atom. The van der Waals surface area contributed by atoms with E-state index in [9.17, 15) is 8.42 Å². The largest absolute Gasteiger partial charge is 0.338 e. The van der Waals surface area contributed by atoms with Gasteiger partial charge in [-0.3, -0.25) is 4.18 Å². The van der Waals surface area contributed by atoms with Gasteiger partial charge in [-0.1, -0.05) is 27.7 Å². The second-order valence-corrected chi connectivity index (χ2v) is 4.83. The molecule has 13 heavy (non-hydrogen) atoms. The van der Waals surface area contributed by atoms with Gasteiger partial charge >= 0.3 is 10.3 Å². The van der Waals surface area contributed by atoms with Gasteiger partial charge in [-0.2, -0.15) is 12.7 Å². The van der Waals surface area contributed by atoms with Gasteiger partial charge in [-0.15, -0.1) is 0 Å². The van der Waals surface area contributed by atoms with Crippen LogP contribution in [0.15, 0.2) is 0 Å². The lowest BCUT2D eigenvalue weighted by atomic mass is 10.2. The highest BCUT2D eigenvalue weighted by molar-refractivity contribution is 7.84. The summed E-state index contributed by atoms with van der Waals surface area (Å²) in [6.07, 6.45) is 0. The third-order valence-corrected chi connectivity index (χ3v) is 3.15. The Balaban J connectivity index is 4.22. The lowest BCUT2D eigenvalue weighted by Crippen LogP contribution is -2.32. The minimum atomic E-state index is -3.48. The van der Waals surface area contributed by atoms with E-state index in [1.807, 2.05) is 13.8 Å². The Labute approximate surface area is 81.1 Å². The smallest absolute Gasteiger partial charge is 0.258 e. The Bertz CT molecular complexity index is 220. The van der Waals surface area contributed by atoms with E-state index in [2.05, 4.69) is 0 Å². The second-order valence-electron chi connectivity index (χ2n) is 3.22. The molecule has 5 heteroatoms. The van der Waals surface area contributed by atoms with Crippen LogP contribution in [0.3, 0.4) is 0 Å². The van der Waals surface area contributed by atoms with E-state index >= 15 is 0 Å². The molecule has 0 fully saturated rings. The van der Waals surface area contributed by atoms with E-state index in [0.717, 1.165) is 0 Å². The predicted molar refractivity (Wildman–Crippen MR) is 52.6 cm³/mol. The van der Waals surface area contributed by atoms with Crippen molar-refractivity contribution in [1.29, 1.82) is 0 Å². The standard InChI is InChI=1S/C8H19NO3S/c1-5-9(6-2)13(10,11)12-7-8(3)4/h8H,5-7H2,1-4H3. The number of rotatable bonds is 6. The summed E-state index contributed by atoms with van der Waals surface area (Å²) in [4.78, 5) is 0. The van der Waals surface area contributed by atoms with Crippen LogP contribution in [0, 0.1) is 5.92 Å². The van der Waals surface area contributed by atoms with Crippen molar-refractivity contribution in [3.63, 3.8) is 0 Å². The van der Waals surface area contributed by atoms with Crippen molar-refractivity contribution in [2.24, 2.45) is 5.92 Å². The van der Waals surface area contributed by atoms with Crippen molar-refractivity contribution in [3.8, 4) is 0 Å². The highest BCUT2D eigenvalue weighted by Gasteiger charge is 2.19. The Hall–Kier alpha value is -0.130. The van der Waals surface area contributed by atoms with Crippen LogP contribution in [0.2, 0.25) is 0 Å². The molecule has 0 spiro atoms. The summed E-state index contributed by atoms with van der Waals surface area (Å²) in [6.45, 7) is 8.57. The van der Waals surface area contributed by atoms with Crippen LogP contribution in [0.25, 0.3) is 0 Å². The molecule has 0 N–H and O–H groups in total. The molecule has 0 aliphatic heterocycles. The zero-order valence-electron chi connectivity index (χ0n) is 8.78. The van der Waals surface area contributed by atoms with Crippen LogP contribution in [-0.4, -0.2) is 32.4 Å². The quantitative estimate of drug-likeness (QED) is 0.661. The van der Waals surface area contributed by atoms with Gasteiger partial charge in [0.1, 0.15) is 0 Å². The van der Waals surface area contributed by atoms with Gasteiger partial charge in [0.2, 0.25) is 0 Å². The molecule has 0 aromatic rings. The van der Waals surface area contributed by atoms with E-state index in [-0.39, 0.29) is 12.5 Å². The van der Waals surface area contributed by atoms with Gasteiger partial charge in [0.05, 0.1) is 6.61 Å². The molecule has 0 atom stereocenters. The zero-order chi connectivity index (χ0) is 10.5. The molecule has 0 aliphatic carbocycles. The average Bonchev–Trinajstić information content (AvgIpc) is 2.03. The second kappa shape index (κ2) is 5.57. The maximum atomic E-state index is 11.4. The number of hydrogen-bond donors (Lipinski definition) is 0. The number of nitrogens with zero attached hydrogens (tertiary/aromatic N) is 1. The van der Waals surface area contributed by atoms with Crippen molar-refractivity contribution in [1.82, 2.24) is 4.31 Å². The molecule has 0 aliphatic rings. The molecular formula is C8H19NO3S. The minimum absolute atomic E-state index is 0.227. The first-order valence-electron chi connectivity index (χ1n) is 4.58. The van der Waals surface area contributed by atoms with E-state index < -0.39 is 10.3 Å². The zero-order valence-corrected chi connectivity index (χ0v) is 9.60. The van der Waals surface area contributed by atoms with Crippen LogP contribution in [0.4, 0.5) is 0 Å². The van der Waals surface area contributed by atoms with Crippen LogP contribution in [0.5, 0.6) is 0 Å². The first-order valence-corrected chi connectivity index (χ1v) is 5.95. The lowest BCUT2D eigenvalue weighted by Gasteiger charge is -2.18. The van der Waals surface area contributed by atoms with Gasteiger partial charge in [-0.25, -0.2) is 0 Å². The SMILES string of the molecule is CCN(CC)S(=O)(=O)OCC(C)C. The Morgan fingerprint density at radius 3 is 2.00 bits per heavy atom.